The number of benzene rings is 2. The van der Waals surface area contributed by atoms with E-state index < -0.39 is 12.0 Å². The molecule has 34 heavy (non-hydrogen) atoms. The number of carbonyl (C=O) groups is 2. The van der Waals surface area contributed by atoms with Crippen molar-refractivity contribution in [2.45, 2.75) is 39.2 Å². The zero-order valence-electron chi connectivity index (χ0n) is 19.4. The van der Waals surface area contributed by atoms with Crippen LogP contribution in [0.15, 0.2) is 60.8 Å². The molecule has 4 rings (SSSR count). The molecule has 0 bridgehead atoms. The summed E-state index contributed by atoms with van der Waals surface area (Å²) in [6.45, 7) is 6.44. The quantitative estimate of drug-likeness (QED) is 0.558. The van der Waals surface area contributed by atoms with Crippen LogP contribution < -0.4 is 10.5 Å². The van der Waals surface area contributed by atoms with Crippen LogP contribution in [0.1, 0.15) is 49.3 Å². The Labute approximate surface area is 198 Å². The maximum absolute atomic E-state index is 12.1. The highest BCUT2D eigenvalue weighted by Crippen LogP contribution is 2.42. The number of para-hydroxylation sites is 1. The Kier molecular flexibility index (Phi) is 6.24. The molecule has 2 aromatic carbocycles. The summed E-state index contributed by atoms with van der Waals surface area (Å²) in [6.07, 6.45) is 1.09. The van der Waals surface area contributed by atoms with Crippen molar-refractivity contribution in [3.05, 3.63) is 72.2 Å². The number of nitrogens with zero attached hydrogens (tertiary/aromatic N) is 3. The van der Waals surface area contributed by atoms with Crippen molar-refractivity contribution in [3.63, 3.8) is 0 Å². The van der Waals surface area contributed by atoms with Crippen LogP contribution in [0.3, 0.4) is 0 Å². The molecule has 2 amide bonds. The van der Waals surface area contributed by atoms with E-state index in [0.717, 1.165) is 5.75 Å². The van der Waals surface area contributed by atoms with Crippen LogP contribution in [0.4, 0.5) is 4.79 Å². The zero-order valence-corrected chi connectivity index (χ0v) is 19.4. The van der Waals surface area contributed by atoms with Gasteiger partial charge >= 0.3 is 6.09 Å². The minimum absolute atomic E-state index is 0.197. The van der Waals surface area contributed by atoms with Crippen molar-refractivity contribution in [1.82, 2.24) is 14.9 Å². The Morgan fingerprint density at radius 2 is 1.71 bits per heavy atom. The number of amides is 2. The number of carboxylic acid groups (broad SMARTS) is 1. The summed E-state index contributed by atoms with van der Waals surface area (Å²) < 4.78 is 5.85. The number of carbonyl (C=O) groups excluding carboxylic acids is 1. The van der Waals surface area contributed by atoms with Gasteiger partial charge in [0.05, 0.1) is 11.3 Å². The van der Waals surface area contributed by atoms with E-state index in [-0.39, 0.29) is 22.9 Å². The highest BCUT2D eigenvalue weighted by molar-refractivity contribution is 5.98. The van der Waals surface area contributed by atoms with Crippen molar-refractivity contribution in [1.29, 1.82) is 0 Å². The molecule has 0 radical (unpaired) electrons. The van der Waals surface area contributed by atoms with Crippen molar-refractivity contribution in [2.75, 3.05) is 6.54 Å². The van der Waals surface area contributed by atoms with Gasteiger partial charge in [-0.1, -0.05) is 39.0 Å². The third-order valence-corrected chi connectivity index (χ3v) is 6.04. The maximum atomic E-state index is 12.1. The molecule has 176 valence electrons. The first-order valence-corrected chi connectivity index (χ1v) is 11.1. The molecule has 8 nitrogen and oxygen atoms in total. The summed E-state index contributed by atoms with van der Waals surface area (Å²) in [4.78, 5) is 34.6. The lowest BCUT2D eigenvalue weighted by molar-refractivity contribution is 0.1000. The summed E-state index contributed by atoms with van der Waals surface area (Å²) in [5.74, 6) is 1.04. The van der Waals surface area contributed by atoms with Crippen LogP contribution in [0.5, 0.6) is 11.5 Å². The number of hydrogen-bond acceptors (Lipinski definition) is 5. The van der Waals surface area contributed by atoms with Crippen LogP contribution in [0.25, 0.3) is 11.3 Å². The first-order valence-electron chi connectivity index (χ1n) is 11.1. The van der Waals surface area contributed by atoms with Crippen LogP contribution in [0, 0.1) is 5.41 Å². The second-order valence-corrected chi connectivity index (χ2v) is 9.48. The first-order chi connectivity index (χ1) is 16.1. The molecule has 1 aliphatic heterocycles. The smallest absolute Gasteiger partial charge is 0.407 e. The predicted octanol–water partition coefficient (Wildman–Crippen LogP) is 4.92. The van der Waals surface area contributed by atoms with Crippen LogP contribution in [0.2, 0.25) is 0 Å². The standard InChI is InChI=1S/C26H28N4O4/c1-26(2,3)22-19(13-14-30(22)25(32)33)24-28-15-20(23(27)31)21(29-24)16-9-11-18(12-10-16)34-17-7-5-4-6-8-17/h4-12,15,19,22H,13-14H2,1-3H3,(H2,27,31)(H,32,33). The monoisotopic (exact) mass is 460 g/mol. The summed E-state index contributed by atoms with van der Waals surface area (Å²) in [6, 6.07) is 16.4. The molecule has 3 aromatic rings. The van der Waals surface area contributed by atoms with Gasteiger partial charge < -0.3 is 20.5 Å². The van der Waals surface area contributed by atoms with Gasteiger partial charge in [-0.25, -0.2) is 14.8 Å². The Morgan fingerprint density at radius 3 is 2.29 bits per heavy atom. The number of aromatic nitrogens is 2. The molecule has 2 heterocycles. The molecular formula is C26H28N4O4. The molecule has 1 aromatic heterocycles. The number of nitrogens with two attached hydrogens (primary N) is 1. The molecule has 3 N–H and O–H groups in total. The van der Waals surface area contributed by atoms with E-state index in [9.17, 15) is 14.7 Å². The molecule has 0 aliphatic carbocycles. The van der Waals surface area contributed by atoms with E-state index >= 15 is 0 Å². The number of rotatable bonds is 5. The number of hydrogen-bond donors (Lipinski definition) is 2. The SMILES string of the molecule is CC(C)(C)C1C(c2ncc(C(N)=O)c(-c3ccc(Oc4ccccc4)cc3)n2)CCN1C(=O)O. The first kappa shape index (κ1) is 23.2. The van der Waals surface area contributed by atoms with E-state index in [1.165, 1.54) is 11.1 Å². The molecule has 1 fully saturated rings. The molecular weight excluding hydrogens is 432 g/mol. The van der Waals surface area contributed by atoms with Gasteiger partial charge in [0, 0.05) is 30.3 Å². The van der Waals surface area contributed by atoms with E-state index in [1.807, 2.05) is 63.2 Å². The number of ether oxygens (including phenoxy) is 1. The normalized spacial score (nSPS) is 18.0. The van der Waals surface area contributed by atoms with E-state index in [0.29, 0.717) is 35.8 Å². The second kappa shape index (κ2) is 9.13. The van der Waals surface area contributed by atoms with Gasteiger partial charge in [0.25, 0.3) is 5.91 Å². The summed E-state index contributed by atoms with van der Waals surface area (Å²) >= 11 is 0. The van der Waals surface area contributed by atoms with Gasteiger partial charge in [-0.15, -0.1) is 0 Å². The van der Waals surface area contributed by atoms with E-state index in [1.54, 1.807) is 12.1 Å². The minimum atomic E-state index is -0.953. The van der Waals surface area contributed by atoms with Crippen molar-refractivity contribution >= 4 is 12.0 Å². The van der Waals surface area contributed by atoms with Gasteiger partial charge in [0.2, 0.25) is 0 Å². The number of primary amides is 1. The minimum Gasteiger partial charge on any atom is -0.465 e. The van der Waals surface area contributed by atoms with Crippen molar-refractivity contribution in [2.24, 2.45) is 11.1 Å². The highest BCUT2D eigenvalue weighted by Gasteiger charge is 2.46. The zero-order chi connectivity index (χ0) is 24.5. The van der Waals surface area contributed by atoms with Crippen molar-refractivity contribution in [3.8, 4) is 22.8 Å². The number of likely N-dealkylation sites (tertiary alicyclic amines) is 1. The average Bonchev–Trinajstić information content (AvgIpc) is 3.26. The van der Waals surface area contributed by atoms with E-state index in [2.05, 4.69) is 4.98 Å². The summed E-state index contributed by atoms with van der Waals surface area (Å²) in [5, 5.41) is 9.70. The second-order valence-electron chi connectivity index (χ2n) is 9.48. The fourth-order valence-electron chi connectivity index (χ4n) is 4.63. The molecule has 1 saturated heterocycles. The van der Waals surface area contributed by atoms with Gasteiger partial charge in [0.1, 0.15) is 17.3 Å². The fraction of sp³-hybridized carbons (Fsp3) is 0.308. The molecule has 1 aliphatic rings. The fourth-order valence-corrected chi connectivity index (χ4v) is 4.63. The lowest BCUT2D eigenvalue weighted by Gasteiger charge is -2.36. The van der Waals surface area contributed by atoms with Crippen LogP contribution in [-0.2, 0) is 0 Å². The Balaban J connectivity index is 1.69. The van der Waals surface area contributed by atoms with E-state index in [4.69, 9.17) is 15.5 Å². The molecule has 0 spiro atoms. The molecule has 8 heteroatoms. The third-order valence-electron chi connectivity index (χ3n) is 6.04. The summed E-state index contributed by atoms with van der Waals surface area (Å²) in [5.41, 5.74) is 6.62. The van der Waals surface area contributed by atoms with Gasteiger partial charge in [-0.2, -0.15) is 0 Å². The molecule has 2 unspecified atom stereocenters. The third kappa shape index (κ3) is 4.71. The van der Waals surface area contributed by atoms with Gasteiger partial charge in [-0.3, -0.25) is 4.79 Å². The van der Waals surface area contributed by atoms with Gasteiger partial charge in [-0.05, 0) is 48.2 Å². The maximum Gasteiger partial charge on any atom is 0.407 e. The largest absolute Gasteiger partial charge is 0.465 e. The van der Waals surface area contributed by atoms with Crippen molar-refractivity contribution < 1.29 is 19.4 Å². The van der Waals surface area contributed by atoms with Crippen LogP contribution in [-0.4, -0.2) is 44.6 Å². The lowest BCUT2D eigenvalue weighted by Crippen LogP contribution is -2.45. The van der Waals surface area contributed by atoms with Crippen LogP contribution >= 0.6 is 0 Å². The molecule has 0 saturated carbocycles. The van der Waals surface area contributed by atoms with Gasteiger partial charge in [0.15, 0.2) is 0 Å². The topological polar surface area (TPSA) is 119 Å². The Hall–Kier alpha value is -3.94. The Bertz CT molecular complexity index is 1190. The lowest BCUT2D eigenvalue weighted by atomic mass is 9.79. The summed E-state index contributed by atoms with van der Waals surface area (Å²) in [7, 11) is 0. The molecule has 2 atom stereocenters. The Morgan fingerprint density at radius 1 is 1.06 bits per heavy atom. The predicted molar refractivity (Wildman–Crippen MR) is 128 cm³/mol. The highest BCUT2D eigenvalue weighted by atomic mass is 16.5. The average molecular weight is 461 g/mol.